The molecule has 94 valence electrons. The maximum Gasteiger partial charge on any atom is 0.272 e. The highest BCUT2D eigenvalue weighted by atomic mass is 16.2. The molecule has 1 aromatic rings. The van der Waals surface area contributed by atoms with E-state index in [1.54, 1.807) is 12.3 Å². The van der Waals surface area contributed by atoms with Gasteiger partial charge in [-0.3, -0.25) is 9.89 Å². The summed E-state index contributed by atoms with van der Waals surface area (Å²) in [6, 6.07) is 2.36. The van der Waals surface area contributed by atoms with Crippen molar-refractivity contribution in [3.8, 4) is 0 Å². The van der Waals surface area contributed by atoms with Gasteiger partial charge in [0.25, 0.3) is 5.91 Å². The van der Waals surface area contributed by atoms with Crippen LogP contribution in [-0.4, -0.2) is 46.2 Å². The normalized spacial score (nSPS) is 19.8. The Bertz CT molecular complexity index is 355. The number of rotatable bonds is 4. The summed E-state index contributed by atoms with van der Waals surface area (Å²) >= 11 is 0. The number of nitrogens with one attached hydrogen (secondary N) is 2. The molecule has 2 rings (SSSR count). The summed E-state index contributed by atoms with van der Waals surface area (Å²) in [5.41, 5.74) is 0.566. The van der Waals surface area contributed by atoms with E-state index in [4.69, 9.17) is 0 Å². The highest BCUT2D eigenvalue weighted by Gasteiger charge is 2.24. The summed E-state index contributed by atoms with van der Waals surface area (Å²) in [6.45, 7) is 5.93. The molecule has 1 amide bonds. The number of carbonyl (C=O) groups is 1. The van der Waals surface area contributed by atoms with Gasteiger partial charge in [-0.15, -0.1) is 0 Å². The first-order valence-corrected chi connectivity index (χ1v) is 6.22. The molecular formula is C12H20N4O. The Morgan fingerprint density at radius 1 is 1.65 bits per heavy atom. The lowest BCUT2D eigenvalue weighted by molar-refractivity contribution is 0.0683. The summed E-state index contributed by atoms with van der Waals surface area (Å²) in [4.78, 5) is 14.2. The average Bonchev–Trinajstić information content (AvgIpc) is 2.97. The van der Waals surface area contributed by atoms with Gasteiger partial charge in [-0.05, 0) is 39.3 Å². The maximum atomic E-state index is 12.3. The largest absolute Gasteiger partial charge is 0.333 e. The Morgan fingerprint density at radius 2 is 2.47 bits per heavy atom. The minimum atomic E-state index is 0.0335. The molecule has 1 fully saturated rings. The summed E-state index contributed by atoms with van der Waals surface area (Å²) in [5.74, 6) is 0.0335. The van der Waals surface area contributed by atoms with E-state index in [1.165, 1.54) is 6.42 Å². The van der Waals surface area contributed by atoms with Gasteiger partial charge < -0.3 is 10.2 Å². The third kappa shape index (κ3) is 2.85. The quantitative estimate of drug-likeness (QED) is 0.820. The highest BCUT2D eigenvalue weighted by Crippen LogP contribution is 2.12. The van der Waals surface area contributed by atoms with Gasteiger partial charge in [-0.2, -0.15) is 5.10 Å². The fraction of sp³-hybridized carbons (Fsp3) is 0.667. The first-order valence-electron chi connectivity index (χ1n) is 6.22. The Kier molecular flexibility index (Phi) is 3.78. The molecule has 1 aliphatic rings. The predicted octanol–water partition coefficient (Wildman–Crippen LogP) is 1.01. The number of hydrogen-bond acceptors (Lipinski definition) is 3. The SMILES string of the molecule is CC(C)N(CC1CCCN1)C(=O)c1ccn[nH]1. The lowest BCUT2D eigenvalue weighted by Crippen LogP contribution is -2.44. The molecule has 1 aromatic heterocycles. The van der Waals surface area contributed by atoms with Crippen LogP contribution < -0.4 is 5.32 Å². The van der Waals surface area contributed by atoms with Crippen LogP contribution >= 0.6 is 0 Å². The Hall–Kier alpha value is -1.36. The van der Waals surface area contributed by atoms with E-state index in [0.29, 0.717) is 11.7 Å². The molecule has 1 unspecified atom stereocenters. The first-order chi connectivity index (χ1) is 8.18. The van der Waals surface area contributed by atoms with Crippen LogP contribution in [0.3, 0.4) is 0 Å². The van der Waals surface area contributed by atoms with Crippen molar-refractivity contribution in [2.75, 3.05) is 13.1 Å². The van der Waals surface area contributed by atoms with Crippen LogP contribution in [-0.2, 0) is 0 Å². The fourth-order valence-corrected chi connectivity index (χ4v) is 2.21. The van der Waals surface area contributed by atoms with Gasteiger partial charge in [0, 0.05) is 24.8 Å². The minimum Gasteiger partial charge on any atom is -0.333 e. The molecule has 0 saturated carbocycles. The molecule has 0 bridgehead atoms. The van der Waals surface area contributed by atoms with Gasteiger partial charge in [0.2, 0.25) is 0 Å². The van der Waals surface area contributed by atoms with Crippen molar-refractivity contribution in [1.82, 2.24) is 20.4 Å². The highest BCUT2D eigenvalue weighted by molar-refractivity contribution is 5.92. The number of hydrogen-bond donors (Lipinski definition) is 2. The second-order valence-corrected chi connectivity index (χ2v) is 4.81. The van der Waals surface area contributed by atoms with Gasteiger partial charge in [-0.25, -0.2) is 0 Å². The maximum absolute atomic E-state index is 12.3. The fourth-order valence-electron chi connectivity index (χ4n) is 2.21. The van der Waals surface area contributed by atoms with E-state index in [9.17, 15) is 4.79 Å². The van der Waals surface area contributed by atoms with Crippen LogP contribution in [0.1, 0.15) is 37.2 Å². The van der Waals surface area contributed by atoms with Crippen LogP contribution in [0, 0.1) is 0 Å². The molecule has 0 aromatic carbocycles. The molecule has 0 spiro atoms. The zero-order valence-electron chi connectivity index (χ0n) is 10.4. The molecule has 0 aliphatic carbocycles. The molecule has 1 atom stereocenters. The molecule has 2 N–H and O–H groups in total. The van der Waals surface area contributed by atoms with Gasteiger partial charge >= 0.3 is 0 Å². The van der Waals surface area contributed by atoms with E-state index >= 15 is 0 Å². The molecule has 2 heterocycles. The molecule has 1 saturated heterocycles. The second-order valence-electron chi connectivity index (χ2n) is 4.81. The third-order valence-electron chi connectivity index (χ3n) is 3.19. The van der Waals surface area contributed by atoms with Crippen LogP contribution in [0.15, 0.2) is 12.3 Å². The lowest BCUT2D eigenvalue weighted by atomic mass is 10.2. The van der Waals surface area contributed by atoms with Crippen molar-refractivity contribution in [2.45, 2.75) is 38.8 Å². The van der Waals surface area contributed by atoms with E-state index < -0.39 is 0 Å². The van der Waals surface area contributed by atoms with Gasteiger partial charge in [0.1, 0.15) is 5.69 Å². The van der Waals surface area contributed by atoms with Gasteiger partial charge in [0.15, 0.2) is 0 Å². The third-order valence-corrected chi connectivity index (χ3v) is 3.19. The standard InChI is InChI=1S/C12H20N4O/c1-9(2)16(8-10-4-3-6-13-10)12(17)11-5-7-14-15-11/h5,7,9-10,13H,3-4,6,8H2,1-2H3,(H,14,15). The van der Waals surface area contributed by atoms with Crippen molar-refractivity contribution < 1.29 is 4.79 Å². The monoisotopic (exact) mass is 236 g/mol. The average molecular weight is 236 g/mol. The van der Waals surface area contributed by atoms with E-state index in [1.807, 2.05) is 18.7 Å². The smallest absolute Gasteiger partial charge is 0.272 e. The van der Waals surface area contributed by atoms with Crippen molar-refractivity contribution in [2.24, 2.45) is 0 Å². The Labute approximate surface area is 102 Å². The Morgan fingerprint density at radius 3 is 3.00 bits per heavy atom. The summed E-state index contributed by atoms with van der Waals surface area (Å²) in [5, 5.41) is 9.99. The summed E-state index contributed by atoms with van der Waals surface area (Å²) in [6.07, 6.45) is 3.97. The molecule has 0 radical (unpaired) electrons. The van der Waals surface area contributed by atoms with Gasteiger partial charge in [0.05, 0.1) is 0 Å². The summed E-state index contributed by atoms with van der Waals surface area (Å²) in [7, 11) is 0. The number of aromatic nitrogens is 2. The van der Waals surface area contributed by atoms with Crippen LogP contribution in [0.5, 0.6) is 0 Å². The predicted molar refractivity (Wildman–Crippen MR) is 65.8 cm³/mol. The minimum absolute atomic E-state index is 0.0335. The topological polar surface area (TPSA) is 61.0 Å². The second kappa shape index (κ2) is 5.31. The zero-order chi connectivity index (χ0) is 12.3. The van der Waals surface area contributed by atoms with Crippen LogP contribution in [0.4, 0.5) is 0 Å². The van der Waals surface area contributed by atoms with Gasteiger partial charge in [-0.1, -0.05) is 0 Å². The number of carbonyl (C=O) groups excluding carboxylic acids is 1. The number of aromatic amines is 1. The van der Waals surface area contributed by atoms with E-state index in [2.05, 4.69) is 15.5 Å². The van der Waals surface area contributed by atoms with Crippen LogP contribution in [0.25, 0.3) is 0 Å². The van der Waals surface area contributed by atoms with Crippen molar-refractivity contribution in [3.05, 3.63) is 18.0 Å². The number of H-pyrrole nitrogens is 1. The van der Waals surface area contributed by atoms with Crippen molar-refractivity contribution in [3.63, 3.8) is 0 Å². The van der Waals surface area contributed by atoms with E-state index in [0.717, 1.165) is 19.5 Å². The molecular weight excluding hydrogens is 216 g/mol. The number of amides is 1. The zero-order valence-corrected chi connectivity index (χ0v) is 10.4. The lowest BCUT2D eigenvalue weighted by Gasteiger charge is -2.29. The van der Waals surface area contributed by atoms with Crippen LogP contribution in [0.2, 0.25) is 0 Å². The number of nitrogens with zero attached hydrogens (tertiary/aromatic N) is 2. The molecule has 1 aliphatic heterocycles. The first kappa shape index (κ1) is 12.1. The summed E-state index contributed by atoms with van der Waals surface area (Å²) < 4.78 is 0. The van der Waals surface area contributed by atoms with E-state index in [-0.39, 0.29) is 11.9 Å². The van der Waals surface area contributed by atoms with Crippen molar-refractivity contribution >= 4 is 5.91 Å². The van der Waals surface area contributed by atoms with Crippen molar-refractivity contribution in [1.29, 1.82) is 0 Å². The molecule has 17 heavy (non-hydrogen) atoms. The molecule has 5 nitrogen and oxygen atoms in total. The molecule has 5 heteroatoms. The Balaban J connectivity index is 2.03.